The van der Waals surface area contributed by atoms with Gasteiger partial charge >= 0.3 is 0 Å². The molecule has 5 saturated heterocycles. The molecule has 6 aromatic rings. The Morgan fingerprint density at radius 3 is 1.55 bits per heavy atom. The van der Waals surface area contributed by atoms with Crippen LogP contribution in [0.25, 0.3) is 0 Å². The standard InChI is InChI=1S/C67H78O15/c1-45-35-75-65(61(74-40-53-31-19-9-20-32-53)56(45)80-67-44-71-43-66(67,42-70-37-50-25-13-6-14-26-50)81-64(82-67)54-33-21-10-22-34-54)79-59-48(4)76-62(68)46(2)58(59)78-63-47(3)57(72-38-51-27-15-7-16-28-51)60(73-39-52-29-17-8-18-30-52)55(77-63)41-69-36-49-23-11-5-12-24-49/h5-34,45-48,55-65,68H,35-44H2,1-4H3/t45-,46+,47-,48?,55?,56?,57?,58?,59+,60-,61-,62?,63+,64-,65+,66-,67?/m1/s1. The lowest BCUT2D eigenvalue weighted by molar-refractivity contribution is -0.377. The molecule has 436 valence electrons. The number of ether oxygens (including phenoxy) is 14. The van der Waals surface area contributed by atoms with Gasteiger partial charge in [0.25, 0.3) is 0 Å². The Hall–Kier alpha value is -5.28. The molecular weight excluding hydrogens is 1040 g/mol. The molecule has 82 heavy (non-hydrogen) atoms. The van der Waals surface area contributed by atoms with Crippen molar-refractivity contribution in [2.45, 2.75) is 146 Å². The number of hydrogen-bond donors (Lipinski definition) is 1. The third-order valence-electron chi connectivity index (χ3n) is 16.4. The summed E-state index contributed by atoms with van der Waals surface area (Å²) in [6.45, 7) is 10.2. The summed E-state index contributed by atoms with van der Waals surface area (Å²) in [5.41, 5.74) is 4.68. The normalized spacial score (nSPS) is 33.7. The molecule has 5 aliphatic heterocycles. The average molecular weight is 1120 g/mol. The molecule has 0 amide bonds. The molecule has 5 aliphatic rings. The second-order valence-electron chi connectivity index (χ2n) is 22.4. The summed E-state index contributed by atoms with van der Waals surface area (Å²) in [6, 6.07) is 60.0. The molecule has 5 fully saturated rings. The Morgan fingerprint density at radius 2 is 0.976 bits per heavy atom. The third-order valence-corrected chi connectivity index (χ3v) is 16.4. The maximum Gasteiger partial charge on any atom is 0.229 e. The van der Waals surface area contributed by atoms with Gasteiger partial charge in [0.1, 0.15) is 31.0 Å². The Morgan fingerprint density at radius 1 is 0.476 bits per heavy atom. The average Bonchev–Trinajstić information content (AvgIpc) is 4.20. The third kappa shape index (κ3) is 13.8. The van der Waals surface area contributed by atoms with Crippen LogP contribution in [0.2, 0.25) is 0 Å². The summed E-state index contributed by atoms with van der Waals surface area (Å²) in [4.78, 5) is 0. The number of hydrogen-bond acceptors (Lipinski definition) is 15. The minimum absolute atomic E-state index is 0.0664. The fraction of sp³-hybridized carbons (Fsp3) is 0.463. The van der Waals surface area contributed by atoms with E-state index < -0.39 is 97.2 Å². The van der Waals surface area contributed by atoms with Gasteiger partial charge in [-0.2, -0.15) is 0 Å². The Balaban J connectivity index is 0.887. The highest BCUT2D eigenvalue weighted by molar-refractivity contribution is 5.21. The fourth-order valence-corrected chi connectivity index (χ4v) is 11.7. The summed E-state index contributed by atoms with van der Waals surface area (Å²) < 4.78 is 96.2. The zero-order chi connectivity index (χ0) is 56.3. The molecule has 0 aromatic heterocycles. The van der Waals surface area contributed by atoms with E-state index in [0.29, 0.717) is 26.4 Å². The van der Waals surface area contributed by atoms with E-state index in [9.17, 15) is 5.11 Å². The van der Waals surface area contributed by atoms with Crippen molar-refractivity contribution in [3.8, 4) is 0 Å². The van der Waals surface area contributed by atoms with Crippen molar-refractivity contribution in [1.82, 2.24) is 0 Å². The van der Waals surface area contributed by atoms with E-state index in [1.807, 2.05) is 196 Å². The van der Waals surface area contributed by atoms with Crippen LogP contribution < -0.4 is 0 Å². The van der Waals surface area contributed by atoms with Gasteiger partial charge in [-0.05, 0) is 34.7 Å². The number of benzene rings is 6. The second kappa shape index (κ2) is 27.6. The minimum Gasteiger partial charge on any atom is -0.374 e. The quantitative estimate of drug-likeness (QED) is 0.0612. The van der Waals surface area contributed by atoms with E-state index >= 15 is 0 Å². The van der Waals surface area contributed by atoms with E-state index in [1.165, 1.54) is 0 Å². The van der Waals surface area contributed by atoms with Crippen molar-refractivity contribution in [3.05, 3.63) is 215 Å². The summed E-state index contributed by atoms with van der Waals surface area (Å²) in [6.07, 6.45) is -9.51. The van der Waals surface area contributed by atoms with Crippen molar-refractivity contribution in [2.24, 2.45) is 17.8 Å². The van der Waals surface area contributed by atoms with E-state index in [4.69, 9.17) is 66.3 Å². The summed E-state index contributed by atoms with van der Waals surface area (Å²) in [7, 11) is 0. The Labute approximate surface area is 481 Å². The highest BCUT2D eigenvalue weighted by atomic mass is 16.9. The zero-order valence-corrected chi connectivity index (χ0v) is 47.2. The van der Waals surface area contributed by atoms with Gasteiger partial charge in [0.2, 0.25) is 5.79 Å². The van der Waals surface area contributed by atoms with Gasteiger partial charge in [0.05, 0.1) is 83.9 Å². The van der Waals surface area contributed by atoms with Crippen LogP contribution in [0, 0.1) is 17.8 Å². The van der Waals surface area contributed by atoms with Gasteiger partial charge in [0, 0.05) is 23.3 Å². The molecule has 15 heteroatoms. The first kappa shape index (κ1) is 58.5. The summed E-state index contributed by atoms with van der Waals surface area (Å²) in [5, 5.41) is 11.6. The molecule has 0 bridgehead atoms. The van der Waals surface area contributed by atoms with Crippen LogP contribution in [-0.4, -0.2) is 117 Å². The predicted molar refractivity (Wildman–Crippen MR) is 302 cm³/mol. The van der Waals surface area contributed by atoms with Crippen molar-refractivity contribution in [1.29, 1.82) is 0 Å². The molecule has 0 saturated carbocycles. The van der Waals surface area contributed by atoms with Crippen LogP contribution in [0.15, 0.2) is 182 Å². The van der Waals surface area contributed by atoms with Gasteiger partial charge in [-0.15, -0.1) is 0 Å². The maximum absolute atomic E-state index is 11.6. The SMILES string of the molecule is CC1OC(O)[C@@H](C)C(O[C@@H]2OC(COCc3ccccc3)[C@@H](OCc3ccccc3)C(OCc3ccccc3)[C@H]2C)[C@H]1O[C@@H]1OC[C@@H](C)C(OC23COC[C@@]2(COCc2ccccc2)O[C@@H](c2ccccc2)O3)[C@H]1OCc1ccccc1. The van der Waals surface area contributed by atoms with E-state index in [1.54, 1.807) is 0 Å². The second-order valence-corrected chi connectivity index (χ2v) is 22.4. The smallest absolute Gasteiger partial charge is 0.229 e. The lowest BCUT2D eigenvalue weighted by Crippen LogP contribution is -2.64. The van der Waals surface area contributed by atoms with Crippen molar-refractivity contribution in [2.75, 3.05) is 33.0 Å². The summed E-state index contributed by atoms with van der Waals surface area (Å²) >= 11 is 0. The molecule has 11 rings (SSSR count). The molecule has 0 radical (unpaired) electrons. The molecule has 0 aliphatic carbocycles. The molecule has 7 unspecified atom stereocenters. The number of aliphatic hydroxyl groups is 1. The van der Waals surface area contributed by atoms with Crippen LogP contribution in [0.4, 0.5) is 0 Å². The first-order valence-corrected chi connectivity index (χ1v) is 28.9. The minimum atomic E-state index is -1.44. The van der Waals surface area contributed by atoms with Crippen LogP contribution in [0.1, 0.15) is 67.4 Å². The monoisotopic (exact) mass is 1120 g/mol. The van der Waals surface area contributed by atoms with Crippen LogP contribution in [-0.2, 0) is 99.4 Å². The number of fused-ring (bicyclic) bond motifs is 1. The largest absolute Gasteiger partial charge is 0.374 e. The van der Waals surface area contributed by atoms with Gasteiger partial charge in [0.15, 0.2) is 30.8 Å². The van der Waals surface area contributed by atoms with Gasteiger partial charge < -0.3 is 71.4 Å². The Bertz CT molecular complexity index is 2820. The van der Waals surface area contributed by atoms with E-state index in [0.717, 1.165) is 33.4 Å². The zero-order valence-electron chi connectivity index (χ0n) is 47.2. The first-order valence-electron chi connectivity index (χ1n) is 28.9. The van der Waals surface area contributed by atoms with Crippen LogP contribution in [0.3, 0.4) is 0 Å². The summed E-state index contributed by atoms with van der Waals surface area (Å²) in [5.74, 6) is -2.69. The van der Waals surface area contributed by atoms with E-state index in [2.05, 4.69) is 13.8 Å². The van der Waals surface area contributed by atoms with Gasteiger partial charge in [-0.1, -0.05) is 203 Å². The van der Waals surface area contributed by atoms with Crippen molar-refractivity contribution in [3.63, 3.8) is 0 Å². The Kier molecular flexibility index (Phi) is 19.7. The molecular formula is C67H78O15. The maximum atomic E-state index is 11.6. The molecule has 5 heterocycles. The topological polar surface area (TPSA) is 149 Å². The lowest BCUT2D eigenvalue weighted by atomic mass is 9.89. The number of aliphatic hydroxyl groups excluding tert-OH is 1. The van der Waals surface area contributed by atoms with Crippen molar-refractivity contribution >= 4 is 0 Å². The van der Waals surface area contributed by atoms with Gasteiger partial charge in [-0.25, -0.2) is 0 Å². The van der Waals surface area contributed by atoms with Crippen LogP contribution >= 0.6 is 0 Å². The lowest BCUT2D eigenvalue weighted by Gasteiger charge is -2.50. The highest BCUT2D eigenvalue weighted by Crippen LogP contribution is 2.52. The predicted octanol–water partition coefficient (Wildman–Crippen LogP) is 10.3. The molecule has 0 spiro atoms. The highest BCUT2D eigenvalue weighted by Gasteiger charge is 2.69. The van der Waals surface area contributed by atoms with Crippen LogP contribution in [0.5, 0.6) is 0 Å². The number of rotatable bonds is 24. The van der Waals surface area contributed by atoms with Gasteiger partial charge in [-0.3, -0.25) is 0 Å². The van der Waals surface area contributed by atoms with E-state index in [-0.39, 0.29) is 45.6 Å². The molecule has 15 nitrogen and oxygen atoms in total. The fourth-order valence-electron chi connectivity index (χ4n) is 11.7. The molecule has 17 atom stereocenters. The molecule has 1 N–H and O–H groups in total. The molecule has 6 aromatic carbocycles. The van der Waals surface area contributed by atoms with Crippen molar-refractivity contribution < 1.29 is 71.4 Å². The first-order chi connectivity index (χ1) is 40.1.